The zero-order valence-electron chi connectivity index (χ0n) is 31.9. The van der Waals surface area contributed by atoms with Gasteiger partial charge in [0.05, 0.1) is 26.8 Å². The molecule has 0 spiro atoms. The predicted octanol–water partition coefficient (Wildman–Crippen LogP) is 10.9. The number of halogens is 4. The number of aromatic nitrogens is 1. The predicted molar refractivity (Wildman–Crippen MR) is 210 cm³/mol. The van der Waals surface area contributed by atoms with E-state index in [0.29, 0.717) is 29.3 Å². The van der Waals surface area contributed by atoms with Gasteiger partial charge in [0.2, 0.25) is 5.78 Å². The Labute approximate surface area is 322 Å². The summed E-state index contributed by atoms with van der Waals surface area (Å²) >= 11 is 0. The molecule has 0 bridgehead atoms. The minimum absolute atomic E-state index is 0.0251. The molecule has 0 fully saturated rings. The maximum Gasteiger partial charge on any atom is 0.340 e. The third kappa shape index (κ3) is 7.56. The van der Waals surface area contributed by atoms with Crippen molar-refractivity contribution in [1.82, 2.24) is 4.57 Å². The van der Waals surface area contributed by atoms with Crippen LogP contribution in [0.5, 0.6) is 23.0 Å². The largest absolute Gasteiger partial charge is 0.496 e. The van der Waals surface area contributed by atoms with Crippen LogP contribution >= 0.6 is 0 Å². The number of hydrogen-bond acceptors (Lipinski definition) is 7. The van der Waals surface area contributed by atoms with Crippen molar-refractivity contribution in [2.45, 2.75) is 58.4 Å². The first kappa shape index (κ1) is 39.9. The fourth-order valence-corrected chi connectivity index (χ4v) is 7.32. The van der Waals surface area contributed by atoms with E-state index in [4.69, 9.17) is 18.9 Å². The van der Waals surface area contributed by atoms with E-state index < -0.39 is 19.0 Å². The Balaban J connectivity index is 1.61. The molecule has 1 unspecified atom stereocenters. The number of rotatable bonds is 17. The fourth-order valence-electron chi connectivity index (χ4n) is 7.32. The number of carbonyl (C=O) groups is 1. The zero-order valence-corrected chi connectivity index (χ0v) is 31.9. The van der Waals surface area contributed by atoms with E-state index in [0.717, 1.165) is 58.3 Å². The van der Waals surface area contributed by atoms with Gasteiger partial charge in [-0.2, -0.15) is 8.78 Å². The van der Waals surface area contributed by atoms with Crippen molar-refractivity contribution in [1.29, 1.82) is 0 Å². The van der Waals surface area contributed by atoms with E-state index in [9.17, 15) is 27.6 Å². The van der Waals surface area contributed by atoms with E-state index in [1.54, 1.807) is 24.3 Å². The molecule has 0 amide bonds. The molecule has 12 heteroatoms. The minimum Gasteiger partial charge on any atom is -0.496 e. The van der Waals surface area contributed by atoms with Crippen LogP contribution in [0.15, 0.2) is 90.1 Å². The molecule has 0 radical (unpaired) electrons. The van der Waals surface area contributed by atoms with E-state index in [2.05, 4.69) is 23.6 Å². The third-order valence-electron chi connectivity index (χ3n) is 10.3. The highest BCUT2D eigenvalue weighted by molar-refractivity contribution is 6.27. The number of nitrogens with zero attached hydrogens (tertiary/aromatic N) is 2. The Morgan fingerprint density at radius 3 is 2.11 bits per heavy atom. The number of hydrogen-bond donors (Lipinski definition) is 1. The van der Waals surface area contributed by atoms with Crippen molar-refractivity contribution >= 4 is 44.1 Å². The van der Waals surface area contributed by atoms with Crippen LogP contribution in [0.3, 0.4) is 0 Å². The van der Waals surface area contributed by atoms with Gasteiger partial charge in [0.15, 0.2) is 6.61 Å². The topological polar surface area (TPSA) is 91.5 Å². The molecule has 1 N–H and O–H groups in total. The second-order valence-electron chi connectivity index (χ2n) is 13.7. The lowest BCUT2D eigenvalue weighted by molar-refractivity contribution is -0.148. The van der Waals surface area contributed by atoms with Gasteiger partial charge in [-0.3, -0.25) is 4.79 Å². The summed E-state index contributed by atoms with van der Waals surface area (Å²) in [6.45, 7) is 3.47. The van der Waals surface area contributed by atoms with E-state index in [1.165, 1.54) is 39.5 Å². The number of fused-ring (bicyclic) bond motifs is 5. The lowest BCUT2D eigenvalue weighted by atomic mass is 9.93. The number of alkyl halides is 4. The van der Waals surface area contributed by atoms with Gasteiger partial charge < -0.3 is 28.7 Å². The van der Waals surface area contributed by atoms with Crippen molar-refractivity contribution in [3.8, 4) is 23.0 Å². The highest BCUT2D eigenvalue weighted by atomic mass is 19.3. The van der Waals surface area contributed by atoms with Crippen LogP contribution in [-0.2, 0) is 6.54 Å². The number of methoxy groups -OCH3 is 3. The van der Waals surface area contributed by atoms with Gasteiger partial charge in [0, 0.05) is 57.0 Å². The second kappa shape index (κ2) is 16.9. The molecule has 1 atom stereocenters. The monoisotopic (exact) mass is 772 g/mol. The number of oxime groups is 1. The minimum atomic E-state index is -4.39. The number of ketones is 1. The van der Waals surface area contributed by atoms with Gasteiger partial charge >= 0.3 is 12.3 Å². The van der Waals surface area contributed by atoms with Crippen LogP contribution in [-0.4, -0.2) is 61.6 Å². The number of ether oxygens (including phenoxy) is 4. The smallest absolute Gasteiger partial charge is 0.340 e. The quantitative estimate of drug-likeness (QED) is 0.0326. The van der Waals surface area contributed by atoms with Crippen LogP contribution in [0, 0.1) is 5.92 Å². The van der Waals surface area contributed by atoms with Crippen LogP contribution in [0.4, 0.5) is 17.6 Å². The van der Waals surface area contributed by atoms with E-state index >= 15 is 0 Å². The van der Waals surface area contributed by atoms with E-state index in [1.807, 2.05) is 42.5 Å². The molecule has 6 aromatic rings. The Morgan fingerprint density at radius 2 is 1.48 bits per heavy atom. The van der Waals surface area contributed by atoms with Crippen molar-refractivity contribution in [3.63, 3.8) is 0 Å². The summed E-state index contributed by atoms with van der Waals surface area (Å²) in [6, 6.07) is 24.2. The molecule has 0 saturated carbocycles. The van der Waals surface area contributed by atoms with Crippen molar-refractivity contribution in [2.75, 3.05) is 27.9 Å². The fraction of sp³-hybridized carbons (Fsp3) is 0.318. The Morgan fingerprint density at radius 1 is 0.804 bits per heavy atom. The van der Waals surface area contributed by atoms with Crippen molar-refractivity contribution in [2.24, 2.45) is 11.1 Å². The molecule has 5 aromatic carbocycles. The maximum absolute atomic E-state index is 14.8. The summed E-state index contributed by atoms with van der Waals surface area (Å²) in [4.78, 5) is 14.8. The van der Waals surface area contributed by atoms with Crippen LogP contribution in [0.1, 0.15) is 66.6 Å². The third-order valence-corrected chi connectivity index (χ3v) is 10.3. The number of carbonyl (C=O) groups excluding carboxylic acids is 1. The number of para-hydroxylation sites is 1. The molecule has 56 heavy (non-hydrogen) atoms. The Bertz CT molecular complexity index is 2380. The average molecular weight is 773 g/mol. The molecule has 0 saturated heterocycles. The number of benzene rings is 5. The molecule has 0 aliphatic heterocycles. The molecule has 1 aromatic heterocycles. The average Bonchev–Trinajstić information content (AvgIpc) is 3.53. The van der Waals surface area contributed by atoms with Crippen molar-refractivity contribution in [3.05, 3.63) is 107 Å². The summed E-state index contributed by atoms with van der Waals surface area (Å²) in [5, 5.41) is 17.0. The molecule has 1 heterocycles. The second-order valence-corrected chi connectivity index (χ2v) is 13.7. The molecular formula is C44H44F4N2O6. The van der Waals surface area contributed by atoms with Crippen molar-refractivity contribution < 1.29 is 46.5 Å². The summed E-state index contributed by atoms with van der Waals surface area (Å²) in [6.07, 6.45) is 0.197. The van der Waals surface area contributed by atoms with Crippen LogP contribution in [0.25, 0.3) is 32.6 Å². The SMILES string of the molecule is CCCCC(CC)Cn1c2ccc(/C(=N/O)c3ccccc3OCC(F)(F)C(F)F)cc2c2cc(C(=O)c3c(OC)cc(OC)cc3OC)c3ccccc3c21. The summed E-state index contributed by atoms with van der Waals surface area (Å²) in [5.41, 5.74) is 2.89. The molecular weight excluding hydrogens is 728 g/mol. The Kier molecular flexibility index (Phi) is 12.1. The summed E-state index contributed by atoms with van der Waals surface area (Å²) in [7, 11) is 4.45. The first-order valence-corrected chi connectivity index (χ1v) is 18.4. The highest BCUT2D eigenvalue weighted by Gasteiger charge is 2.42. The summed E-state index contributed by atoms with van der Waals surface area (Å²) in [5.74, 6) is -3.53. The molecule has 6 rings (SSSR count). The first-order valence-electron chi connectivity index (χ1n) is 18.4. The van der Waals surface area contributed by atoms with Gasteiger partial charge in [0.1, 0.15) is 34.3 Å². The van der Waals surface area contributed by atoms with Gasteiger partial charge in [-0.25, -0.2) is 8.78 Å². The van der Waals surface area contributed by atoms with Gasteiger partial charge in [-0.1, -0.05) is 80.7 Å². The Hall–Kier alpha value is -5.78. The standard InChI is InChI=1S/C44H44F4N2O6/c1-6-8-13-26(7-2)24-50-35-19-18-27(40(49-52)31-16-11-12-17-36(31)56-25-44(47,48)43(45)46)20-32(35)33-23-34(29-14-9-10-15-30(29)41(33)50)42(51)39-37(54-4)21-28(53-3)22-38(39)55-5/h9-12,14-23,26,43,52H,6-8,13,24-25H2,1-5H3/b49-40-. The number of unbranched alkanes of at least 4 members (excludes halogenated alkanes) is 1. The lowest BCUT2D eigenvalue weighted by Gasteiger charge is -2.19. The molecule has 294 valence electrons. The first-order chi connectivity index (χ1) is 27.0. The zero-order chi connectivity index (χ0) is 40.1. The molecule has 0 aliphatic carbocycles. The van der Waals surface area contributed by atoms with Crippen LogP contribution < -0.4 is 18.9 Å². The maximum atomic E-state index is 14.8. The van der Waals surface area contributed by atoms with Crippen LogP contribution in [0.2, 0.25) is 0 Å². The molecule has 8 nitrogen and oxygen atoms in total. The highest BCUT2D eigenvalue weighted by Crippen LogP contribution is 2.42. The van der Waals surface area contributed by atoms with Gasteiger partial charge in [-0.15, -0.1) is 0 Å². The van der Waals surface area contributed by atoms with Gasteiger partial charge in [0.25, 0.3) is 0 Å². The lowest BCUT2D eigenvalue weighted by Crippen LogP contribution is -2.34. The van der Waals surface area contributed by atoms with E-state index in [-0.39, 0.29) is 39.9 Å². The van der Waals surface area contributed by atoms with Gasteiger partial charge in [-0.05, 0) is 48.1 Å². The normalized spacial score (nSPS) is 12.8. The molecule has 0 aliphatic rings. The summed E-state index contributed by atoms with van der Waals surface area (Å²) < 4.78 is 78.1.